The van der Waals surface area contributed by atoms with E-state index in [-0.39, 0.29) is 13.0 Å². The first-order valence-corrected chi connectivity index (χ1v) is 30.4. The number of ether oxygens (including phenoxy) is 2. The zero-order valence-corrected chi connectivity index (χ0v) is 44.8. The summed E-state index contributed by atoms with van der Waals surface area (Å²) in [6.07, 6.45) is 40.6. The third-order valence-corrected chi connectivity index (χ3v) is 15.0. The number of rotatable bonds is 51. The van der Waals surface area contributed by atoms with Crippen LogP contribution in [0.25, 0.3) is 0 Å². The number of phosphoric acid groups is 1. The van der Waals surface area contributed by atoms with Crippen LogP contribution in [0.3, 0.4) is 0 Å². The summed E-state index contributed by atoms with van der Waals surface area (Å²) in [5.74, 6) is -0.468. The molecule has 0 radical (unpaired) electrons. The molecule has 68 heavy (non-hydrogen) atoms. The normalized spacial score (nSPS) is 21.0. The average Bonchev–Trinajstić information content (AvgIpc) is 3.32. The number of carbonyl (C=O) groups excluding carboxylic acids is 1. The van der Waals surface area contributed by atoms with Crippen molar-refractivity contribution in [3.05, 3.63) is 0 Å². The van der Waals surface area contributed by atoms with Crippen molar-refractivity contribution in [3.63, 3.8) is 0 Å². The molecule has 0 aliphatic heterocycles. The third-order valence-electron chi connectivity index (χ3n) is 14.0. The van der Waals surface area contributed by atoms with Gasteiger partial charge in [-0.05, 0) is 12.8 Å². The fourth-order valence-electron chi connectivity index (χ4n) is 9.42. The minimum Gasteiger partial charge on any atom is -0.457 e. The molecule has 406 valence electrons. The molecule has 1 aliphatic rings. The second-order valence-electron chi connectivity index (χ2n) is 20.5. The molecule has 1 rings (SSSR count). The second-order valence-corrected chi connectivity index (χ2v) is 21.9. The molecule has 13 heteroatoms. The summed E-state index contributed by atoms with van der Waals surface area (Å²) >= 11 is 0. The van der Waals surface area contributed by atoms with E-state index in [1.807, 2.05) is 0 Å². The number of unbranched alkanes of at least 4 members (excludes halogenated alkanes) is 39. The molecule has 12 nitrogen and oxygen atoms in total. The molecule has 0 heterocycles. The lowest BCUT2D eigenvalue weighted by molar-refractivity contribution is -0.220. The van der Waals surface area contributed by atoms with Crippen molar-refractivity contribution in [3.8, 4) is 0 Å². The first kappa shape index (κ1) is 65.4. The minimum atomic E-state index is -5.01. The van der Waals surface area contributed by atoms with Gasteiger partial charge in [0.2, 0.25) is 0 Å². The maximum absolute atomic E-state index is 12.9. The summed E-state index contributed by atoms with van der Waals surface area (Å²) in [6, 6.07) is 0. The number of hydrogen-bond donors (Lipinski definition) is 6. The Morgan fingerprint density at radius 2 is 0.691 bits per heavy atom. The highest BCUT2D eigenvalue weighted by molar-refractivity contribution is 7.47. The van der Waals surface area contributed by atoms with Gasteiger partial charge in [0.1, 0.15) is 42.7 Å². The molecule has 8 atom stereocenters. The van der Waals surface area contributed by atoms with Crippen LogP contribution in [0, 0.1) is 0 Å². The first-order chi connectivity index (χ1) is 33.0. The monoisotopic (exact) mass is 993 g/mol. The van der Waals surface area contributed by atoms with Crippen molar-refractivity contribution in [2.75, 3.05) is 19.8 Å². The Morgan fingerprint density at radius 3 is 1.01 bits per heavy atom. The van der Waals surface area contributed by atoms with Gasteiger partial charge in [-0.3, -0.25) is 13.8 Å². The largest absolute Gasteiger partial charge is 0.472 e. The van der Waals surface area contributed by atoms with Crippen LogP contribution in [0.5, 0.6) is 0 Å². The van der Waals surface area contributed by atoms with Crippen LogP contribution >= 0.6 is 7.82 Å². The molecule has 0 saturated heterocycles. The fourth-order valence-corrected chi connectivity index (χ4v) is 10.4. The summed E-state index contributed by atoms with van der Waals surface area (Å²) in [5.41, 5.74) is 0. The molecular weight excluding hydrogens is 884 g/mol. The lowest BCUT2D eigenvalue weighted by Crippen LogP contribution is -2.64. The molecular formula is C55H109O12P. The molecule has 0 amide bonds. The highest BCUT2D eigenvalue weighted by Gasteiger charge is 2.51. The Bertz CT molecular complexity index is 1130. The lowest BCUT2D eigenvalue weighted by Gasteiger charge is -2.41. The highest BCUT2D eigenvalue weighted by atomic mass is 31.2. The van der Waals surface area contributed by atoms with E-state index in [2.05, 4.69) is 13.8 Å². The van der Waals surface area contributed by atoms with E-state index in [1.54, 1.807) is 0 Å². The predicted octanol–water partition coefficient (Wildman–Crippen LogP) is 13.7. The van der Waals surface area contributed by atoms with Crippen LogP contribution in [0.4, 0.5) is 0 Å². The summed E-state index contributed by atoms with van der Waals surface area (Å²) < 4.78 is 34.3. The standard InChI is InChI=1S/C55H109O12P/c1-3-5-7-9-11-13-15-17-18-19-20-21-22-23-24-25-26-27-28-29-30-31-32-33-34-36-38-40-42-44-49(56)66-48(46-64-45-43-41-39-37-35-16-14-12-10-8-6-4-2)47-65-68(62,63)67-55-53(60)51(58)50(57)52(59)54(55)61/h48,50-55,57-61H,3-47H2,1-2H3,(H,62,63)/t48-,50?,51-,52?,53?,54?,55?/m1/s1. The highest BCUT2D eigenvalue weighted by Crippen LogP contribution is 2.47. The summed E-state index contributed by atoms with van der Waals surface area (Å²) in [5, 5.41) is 50.3. The smallest absolute Gasteiger partial charge is 0.457 e. The van der Waals surface area contributed by atoms with Crippen LogP contribution in [0.1, 0.15) is 284 Å². The lowest BCUT2D eigenvalue weighted by atomic mass is 9.85. The number of phosphoric ester groups is 1. The summed E-state index contributed by atoms with van der Waals surface area (Å²) in [6.45, 7) is 4.32. The Morgan fingerprint density at radius 1 is 0.412 bits per heavy atom. The van der Waals surface area contributed by atoms with Gasteiger partial charge < -0.3 is 39.9 Å². The van der Waals surface area contributed by atoms with Crippen molar-refractivity contribution in [1.29, 1.82) is 0 Å². The van der Waals surface area contributed by atoms with Crippen molar-refractivity contribution in [1.82, 2.24) is 0 Å². The van der Waals surface area contributed by atoms with Crippen LogP contribution in [0.15, 0.2) is 0 Å². The summed E-state index contributed by atoms with van der Waals surface area (Å²) in [7, 11) is -5.01. The Labute approximate surface area is 416 Å². The second kappa shape index (κ2) is 46.1. The quantitative estimate of drug-likeness (QED) is 0.0192. The number of esters is 1. The van der Waals surface area contributed by atoms with Gasteiger partial charge in [-0.15, -0.1) is 0 Å². The number of hydrogen-bond acceptors (Lipinski definition) is 11. The van der Waals surface area contributed by atoms with Crippen molar-refractivity contribution in [2.24, 2.45) is 0 Å². The van der Waals surface area contributed by atoms with E-state index in [0.717, 1.165) is 38.5 Å². The summed E-state index contributed by atoms with van der Waals surface area (Å²) in [4.78, 5) is 23.3. The predicted molar refractivity (Wildman–Crippen MR) is 277 cm³/mol. The fraction of sp³-hybridized carbons (Fsp3) is 0.982. The van der Waals surface area contributed by atoms with E-state index < -0.39 is 63.1 Å². The molecule has 0 bridgehead atoms. The van der Waals surface area contributed by atoms with Gasteiger partial charge >= 0.3 is 13.8 Å². The number of aliphatic hydroxyl groups is 5. The maximum atomic E-state index is 12.9. The Kier molecular flexibility index (Phi) is 44.4. The van der Waals surface area contributed by atoms with Gasteiger partial charge in [-0.1, -0.05) is 264 Å². The Balaban J connectivity index is 2.17. The van der Waals surface area contributed by atoms with Gasteiger partial charge in [-0.25, -0.2) is 4.57 Å². The average molecular weight is 993 g/mol. The zero-order valence-electron chi connectivity index (χ0n) is 43.9. The van der Waals surface area contributed by atoms with Crippen LogP contribution < -0.4 is 0 Å². The third kappa shape index (κ3) is 37.1. The van der Waals surface area contributed by atoms with E-state index in [1.165, 1.54) is 218 Å². The molecule has 6 N–H and O–H groups in total. The SMILES string of the molecule is CCCCCCCCCCCCCCCCCCCCCCCCCCCCCCCC(=O)O[C@H](COCCCCCCCCCCCCCC)COP(=O)(O)OC1C(O)C(O)C(O)[C@@H](O)C1O. The van der Waals surface area contributed by atoms with Crippen LogP contribution in [-0.2, 0) is 27.9 Å². The molecule has 1 saturated carbocycles. The molecule has 0 aromatic heterocycles. The van der Waals surface area contributed by atoms with Crippen molar-refractivity contribution < 1.29 is 58.3 Å². The first-order valence-electron chi connectivity index (χ1n) is 28.9. The van der Waals surface area contributed by atoms with E-state index in [9.17, 15) is 39.8 Å². The van der Waals surface area contributed by atoms with E-state index >= 15 is 0 Å². The molecule has 0 spiro atoms. The molecule has 1 aliphatic carbocycles. The minimum absolute atomic E-state index is 0.0678. The van der Waals surface area contributed by atoms with Gasteiger partial charge in [0.25, 0.3) is 0 Å². The van der Waals surface area contributed by atoms with Gasteiger partial charge in [0.15, 0.2) is 0 Å². The molecule has 0 aromatic carbocycles. The zero-order chi connectivity index (χ0) is 49.8. The maximum Gasteiger partial charge on any atom is 0.472 e. The molecule has 6 unspecified atom stereocenters. The Hall–Kier alpha value is -0.660. The van der Waals surface area contributed by atoms with Crippen LogP contribution in [0.2, 0.25) is 0 Å². The van der Waals surface area contributed by atoms with Crippen LogP contribution in [-0.4, -0.2) is 98.9 Å². The van der Waals surface area contributed by atoms with Crippen molar-refractivity contribution in [2.45, 2.75) is 326 Å². The molecule has 0 aromatic rings. The topological polar surface area (TPSA) is 192 Å². The van der Waals surface area contributed by atoms with Gasteiger partial charge in [0.05, 0.1) is 13.2 Å². The number of aliphatic hydroxyl groups excluding tert-OH is 5. The van der Waals surface area contributed by atoms with Gasteiger partial charge in [-0.2, -0.15) is 0 Å². The van der Waals surface area contributed by atoms with Gasteiger partial charge in [0, 0.05) is 13.0 Å². The van der Waals surface area contributed by atoms with E-state index in [4.69, 9.17) is 18.5 Å². The van der Waals surface area contributed by atoms with E-state index in [0.29, 0.717) is 13.0 Å². The number of carbonyl (C=O) groups is 1. The van der Waals surface area contributed by atoms with Crippen molar-refractivity contribution >= 4 is 13.8 Å². The molecule has 1 fully saturated rings.